The molecule has 0 aromatic carbocycles. The molecule has 1 fully saturated rings. The lowest BCUT2D eigenvalue weighted by molar-refractivity contribution is 0.441. The van der Waals surface area contributed by atoms with Gasteiger partial charge in [-0.3, -0.25) is 0 Å². The molecule has 1 aromatic heterocycles. The van der Waals surface area contributed by atoms with Gasteiger partial charge in [-0.15, -0.1) is 0 Å². The number of hydrogen-bond donors (Lipinski definition) is 0. The SMILES string of the molecule is Cc1c(C2CCCCC2)cnc(C#N)c1Br. The van der Waals surface area contributed by atoms with Gasteiger partial charge < -0.3 is 0 Å². The predicted molar refractivity (Wildman–Crippen MR) is 67.2 cm³/mol. The van der Waals surface area contributed by atoms with Crippen LogP contribution in [-0.2, 0) is 0 Å². The molecule has 0 aliphatic heterocycles. The highest BCUT2D eigenvalue weighted by atomic mass is 79.9. The third-order valence-corrected chi connectivity index (χ3v) is 4.42. The van der Waals surface area contributed by atoms with Crippen LogP contribution < -0.4 is 0 Å². The maximum absolute atomic E-state index is 8.90. The first-order valence-corrected chi connectivity index (χ1v) is 6.58. The van der Waals surface area contributed by atoms with Gasteiger partial charge in [0.25, 0.3) is 0 Å². The summed E-state index contributed by atoms with van der Waals surface area (Å²) in [6.07, 6.45) is 8.43. The molecule has 2 rings (SSSR count). The molecule has 1 heterocycles. The Hall–Kier alpha value is -0.880. The van der Waals surface area contributed by atoms with E-state index >= 15 is 0 Å². The quantitative estimate of drug-likeness (QED) is 0.776. The van der Waals surface area contributed by atoms with Crippen molar-refractivity contribution >= 4 is 15.9 Å². The second kappa shape index (κ2) is 4.97. The van der Waals surface area contributed by atoms with Crippen molar-refractivity contribution in [3.05, 3.63) is 27.5 Å². The highest BCUT2D eigenvalue weighted by Gasteiger charge is 2.19. The van der Waals surface area contributed by atoms with E-state index in [0.29, 0.717) is 11.6 Å². The van der Waals surface area contributed by atoms with Gasteiger partial charge in [-0.05, 0) is 52.7 Å². The molecule has 0 amide bonds. The standard InChI is InChI=1S/C13H15BrN2/c1-9-11(10-5-3-2-4-6-10)8-16-12(7-15)13(9)14/h8,10H,2-6H2,1H3. The van der Waals surface area contributed by atoms with Crippen LogP contribution in [0.4, 0.5) is 0 Å². The molecule has 1 aliphatic carbocycles. The highest BCUT2D eigenvalue weighted by molar-refractivity contribution is 9.10. The van der Waals surface area contributed by atoms with Gasteiger partial charge in [0.2, 0.25) is 0 Å². The van der Waals surface area contributed by atoms with E-state index in [9.17, 15) is 0 Å². The van der Waals surface area contributed by atoms with Crippen molar-refractivity contribution in [1.82, 2.24) is 4.98 Å². The molecule has 3 heteroatoms. The number of pyridine rings is 1. The fourth-order valence-electron chi connectivity index (χ4n) is 2.50. The number of hydrogen-bond acceptors (Lipinski definition) is 2. The zero-order valence-electron chi connectivity index (χ0n) is 9.46. The predicted octanol–water partition coefficient (Wildman–Crippen LogP) is 4.07. The number of halogens is 1. The van der Waals surface area contributed by atoms with E-state index in [-0.39, 0.29) is 0 Å². The van der Waals surface area contributed by atoms with Crippen LogP contribution in [0.5, 0.6) is 0 Å². The molecule has 2 nitrogen and oxygen atoms in total. The average molecular weight is 279 g/mol. The number of aromatic nitrogens is 1. The molecule has 0 bridgehead atoms. The summed E-state index contributed by atoms with van der Waals surface area (Å²) in [7, 11) is 0. The van der Waals surface area contributed by atoms with Crippen molar-refractivity contribution in [3.8, 4) is 6.07 Å². The molecule has 1 saturated carbocycles. The maximum atomic E-state index is 8.90. The smallest absolute Gasteiger partial charge is 0.154 e. The Morgan fingerprint density at radius 1 is 1.38 bits per heavy atom. The summed E-state index contributed by atoms with van der Waals surface area (Å²) in [5.74, 6) is 0.644. The molecule has 1 aliphatic rings. The summed E-state index contributed by atoms with van der Waals surface area (Å²) in [4.78, 5) is 4.22. The molecule has 84 valence electrons. The van der Waals surface area contributed by atoms with Crippen molar-refractivity contribution in [1.29, 1.82) is 5.26 Å². The van der Waals surface area contributed by atoms with E-state index in [1.54, 1.807) is 0 Å². The first-order chi connectivity index (χ1) is 7.74. The second-order valence-corrected chi connectivity index (χ2v) is 5.24. The topological polar surface area (TPSA) is 36.7 Å². The normalized spacial score (nSPS) is 17.1. The Balaban J connectivity index is 2.35. The molecule has 0 spiro atoms. The van der Waals surface area contributed by atoms with Crippen LogP contribution in [0.25, 0.3) is 0 Å². The second-order valence-electron chi connectivity index (χ2n) is 4.45. The Labute approximate surface area is 105 Å². The Kier molecular flexibility index (Phi) is 3.60. The Morgan fingerprint density at radius 3 is 2.69 bits per heavy atom. The van der Waals surface area contributed by atoms with Gasteiger partial charge in [0.05, 0.1) is 4.47 Å². The fourth-order valence-corrected chi connectivity index (χ4v) is 2.92. The van der Waals surface area contributed by atoms with Crippen LogP contribution in [-0.4, -0.2) is 4.98 Å². The maximum Gasteiger partial charge on any atom is 0.154 e. The highest BCUT2D eigenvalue weighted by Crippen LogP contribution is 2.36. The van der Waals surface area contributed by atoms with Crippen molar-refractivity contribution in [2.45, 2.75) is 44.9 Å². The van der Waals surface area contributed by atoms with E-state index in [2.05, 4.69) is 33.9 Å². The summed E-state index contributed by atoms with van der Waals surface area (Å²) >= 11 is 3.47. The van der Waals surface area contributed by atoms with Crippen LogP contribution >= 0.6 is 15.9 Å². The van der Waals surface area contributed by atoms with Gasteiger partial charge in [-0.25, -0.2) is 4.98 Å². The first kappa shape index (κ1) is 11.6. The summed E-state index contributed by atoms with van der Waals surface area (Å²) in [6, 6.07) is 2.11. The van der Waals surface area contributed by atoms with Crippen molar-refractivity contribution in [3.63, 3.8) is 0 Å². The Bertz CT molecular complexity index is 428. The monoisotopic (exact) mass is 278 g/mol. The molecule has 0 saturated heterocycles. The molecule has 0 unspecified atom stereocenters. The van der Waals surface area contributed by atoms with Crippen molar-refractivity contribution < 1.29 is 0 Å². The van der Waals surface area contributed by atoms with E-state index in [4.69, 9.17) is 5.26 Å². The van der Waals surface area contributed by atoms with Crippen LogP contribution in [0.2, 0.25) is 0 Å². The van der Waals surface area contributed by atoms with Gasteiger partial charge in [0.1, 0.15) is 6.07 Å². The molecule has 0 radical (unpaired) electrons. The van der Waals surface area contributed by atoms with Gasteiger partial charge in [-0.2, -0.15) is 5.26 Å². The average Bonchev–Trinajstić information content (AvgIpc) is 2.34. The lowest BCUT2D eigenvalue weighted by atomic mass is 9.83. The van der Waals surface area contributed by atoms with Crippen LogP contribution in [0.3, 0.4) is 0 Å². The largest absolute Gasteiger partial charge is 0.244 e. The lowest BCUT2D eigenvalue weighted by Gasteiger charge is -2.23. The molecular weight excluding hydrogens is 264 g/mol. The summed E-state index contributed by atoms with van der Waals surface area (Å²) in [5.41, 5.74) is 3.01. The molecular formula is C13H15BrN2. The van der Waals surface area contributed by atoms with Gasteiger partial charge in [0.15, 0.2) is 5.69 Å². The lowest BCUT2D eigenvalue weighted by Crippen LogP contribution is -2.07. The van der Waals surface area contributed by atoms with Gasteiger partial charge in [0, 0.05) is 6.20 Å². The number of rotatable bonds is 1. The van der Waals surface area contributed by atoms with Crippen molar-refractivity contribution in [2.24, 2.45) is 0 Å². The minimum absolute atomic E-state index is 0.497. The van der Waals surface area contributed by atoms with E-state index in [1.165, 1.54) is 43.2 Å². The van der Waals surface area contributed by atoms with E-state index < -0.39 is 0 Å². The van der Waals surface area contributed by atoms with E-state index in [1.807, 2.05) is 6.20 Å². The van der Waals surface area contributed by atoms with Crippen molar-refractivity contribution in [2.75, 3.05) is 0 Å². The summed E-state index contributed by atoms with van der Waals surface area (Å²) in [5, 5.41) is 8.90. The minimum Gasteiger partial charge on any atom is -0.244 e. The molecule has 0 N–H and O–H groups in total. The summed E-state index contributed by atoms with van der Waals surface area (Å²) in [6.45, 7) is 2.08. The van der Waals surface area contributed by atoms with E-state index in [0.717, 1.165) is 4.47 Å². The van der Waals surface area contributed by atoms with Crippen LogP contribution in [0.15, 0.2) is 10.7 Å². The minimum atomic E-state index is 0.497. The third kappa shape index (κ3) is 2.12. The van der Waals surface area contributed by atoms with Gasteiger partial charge >= 0.3 is 0 Å². The van der Waals surface area contributed by atoms with Crippen LogP contribution in [0, 0.1) is 18.3 Å². The van der Waals surface area contributed by atoms with Gasteiger partial charge in [-0.1, -0.05) is 19.3 Å². The Morgan fingerprint density at radius 2 is 2.06 bits per heavy atom. The molecule has 0 atom stereocenters. The first-order valence-electron chi connectivity index (χ1n) is 5.79. The molecule has 16 heavy (non-hydrogen) atoms. The zero-order chi connectivity index (χ0) is 11.5. The summed E-state index contributed by atoms with van der Waals surface area (Å²) < 4.78 is 0.873. The fraction of sp³-hybridized carbons (Fsp3) is 0.538. The van der Waals surface area contributed by atoms with Crippen LogP contribution in [0.1, 0.15) is 54.8 Å². The molecule has 1 aromatic rings. The third-order valence-electron chi connectivity index (χ3n) is 3.45. The number of nitrogens with zero attached hydrogens (tertiary/aromatic N) is 2. The number of nitriles is 1. The zero-order valence-corrected chi connectivity index (χ0v) is 11.0.